The van der Waals surface area contributed by atoms with Crippen LogP contribution in [0.1, 0.15) is 7.43 Å². The van der Waals surface area contributed by atoms with Crippen molar-refractivity contribution in [3.63, 3.8) is 0 Å². The molecule has 0 aromatic carbocycles. The molecule has 2 aromatic heterocycles. The number of morpholine rings is 2. The molecule has 0 saturated carbocycles. The van der Waals surface area contributed by atoms with Crippen molar-refractivity contribution in [3.8, 4) is 0 Å². The van der Waals surface area contributed by atoms with E-state index in [4.69, 9.17) is 55.7 Å². The monoisotopic (exact) mass is 592 g/mol. The lowest BCUT2D eigenvalue weighted by Gasteiger charge is -2.43. The van der Waals surface area contributed by atoms with E-state index < -0.39 is 0 Å². The Morgan fingerprint density at radius 1 is 0.763 bits per heavy atom. The molecule has 6 rings (SSSR count). The van der Waals surface area contributed by atoms with E-state index in [2.05, 4.69) is 50.4 Å². The average Bonchev–Trinajstić information content (AvgIpc) is 2.93. The summed E-state index contributed by atoms with van der Waals surface area (Å²) >= 11 is 16.4. The van der Waals surface area contributed by atoms with Gasteiger partial charge in [0, 0.05) is 58.4 Å². The quantitative estimate of drug-likeness (QED) is 0.413. The van der Waals surface area contributed by atoms with Crippen LogP contribution >= 0.6 is 34.8 Å². The number of nitrogens with two attached hydrogens (primary N) is 2. The Kier molecular flexibility index (Phi) is 12.1. The van der Waals surface area contributed by atoms with Crippen LogP contribution in [0.25, 0.3) is 0 Å². The lowest BCUT2D eigenvalue weighted by Crippen LogP contribution is -2.58. The molecular formula is C21H35Cl3N12O2. The fraction of sp³-hybridized carbons (Fsp3) is 0.714. The zero-order valence-electron chi connectivity index (χ0n) is 20.3. The molecule has 2 atom stereocenters. The molecule has 212 valence electrons. The van der Waals surface area contributed by atoms with E-state index in [1.165, 1.54) is 6.54 Å². The zero-order chi connectivity index (χ0) is 26.2. The van der Waals surface area contributed by atoms with Crippen LogP contribution in [-0.4, -0.2) is 131 Å². The molecule has 0 aliphatic carbocycles. The van der Waals surface area contributed by atoms with Crippen molar-refractivity contribution in [1.82, 2.24) is 45.5 Å². The number of nitrogen functional groups attached to an aromatic ring is 2. The molecule has 4 aliphatic heterocycles. The topological polar surface area (TPSA) is 170 Å². The van der Waals surface area contributed by atoms with Gasteiger partial charge in [0.1, 0.15) is 0 Å². The molecule has 4 fully saturated rings. The van der Waals surface area contributed by atoms with Gasteiger partial charge in [-0.15, -0.1) is 20.4 Å². The summed E-state index contributed by atoms with van der Waals surface area (Å²) in [6, 6.07) is 1.05. The van der Waals surface area contributed by atoms with Crippen LogP contribution in [0.15, 0.2) is 0 Å². The van der Waals surface area contributed by atoms with Crippen LogP contribution in [0.2, 0.25) is 15.6 Å². The van der Waals surface area contributed by atoms with Gasteiger partial charge in [-0.05, 0) is 11.6 Å². The van der Waals surface area contributed by atoms with E-state index in [0.29, 0.717) is 18.0 Å². The number of nitrogens with one attached hydrogen (secondary N) is 1. The molecule has 5 N–H and O–H groups in total. The van der Waals surface area contributed by atoms with Gasteiger partial charge in [0.05, 0.1) is 32.5 Å². The maximum atomic E-state index is 5.72. The SMILES string of the molecule is C.C1CN2CCOC[C@@H]2CN1.Nc1nc(Cl)nnc1Cl.Nc1nc(N2CCN3CCOC[C@@H]3C2)nnc1Cl. The number of rotatable bonds is 1. The number of anilines is 3. The summed E-state index contributed by atoms with van der Waals surface area (Å²) in [6.07, 6.45) is 0. The van der Waals surface area contributed by atoms with E-state index in [1.807, 2.05) is 0 Å². The van der Waals surface area contributed by atoms with Crippen molar-refractivity contribution in [3.05, 3.63) is 15.6 Å². The van der Waals surface area contributed by atoms with E-state index >= 15 is 0 Å². The second kappa shape index (κ2) is 15.0. The van der Waals surface area contributed by atoms with Crippen LogP contribution in [0, 0.1) is 0 Å². The number of hydrogen-bond donors (Lipinski definition) is 3. The highest BCUT2D eigenvalue weighted by atomic mass is 35.5. The lowest BCUT2D eigenvalue weighted by atomic mass is 10.1. The smallest absolute Gasteiger partial charge is 0.247 e. The third-order valence-electron chi connectivity index (χ3n) is 6.33. The zero-order valence-corrected chi connectivity index (χ0v) is 22.5. The van der Waals surface area contributed by atoms with E-state index in [9.17, 15) is 0 Å². The van der Waals surface area contributed by atoms with Gasteiger partial charge in [-0.2, -0.15) is 9.97 Å². The van der Waals surface area contributed by atoms with Gasteiger partial charge in [-0.1, -0.05) is 30.6 Å². The number of hydrogen-bond acceptors (Lipinski definition) is 14. The summed E-state index contributed by atoms with van der Waals surface area (Å²) in [5.41, 5.74) is 10.8. The Morgan fingerprint density at radius 3 is 2.03 bits per heavy atom. The number of halogens is 3. The third kappa shape index (κ3) is 8.55. The van der Waals surface area contributed by atoms with Crippen LogP contribution in [0.3, 0.4) is 0 Å². The Morgan fingerprint density at radius 2 is 1.39 bits per heavy atom. The maximum absolute atomic E-state index is 5.72. The fourth-order valence-corrected chi connectivity index (χ4v) is 4.63. The number of ether oxygens (including phenoxy) is 2. The first kappa shape index (κ1) is 30.6. The predicted octanol–water partition coefficient (Wildman–Crippen LogP) is 0.315. The van der Waals surface area contributed by atoms with Gasteiger partial charge in [0.25, 0.3) is 0 Å². The molecule has 0 radical (unpaired) electrons. The van der Waals surface area contributed by atoms with Crippen molar-refractivity contribution >= 4 is 52.4 Å². The summed E-state index contributed by atoms with van der Waals surface area (Å²) in [5, 5.41) is 18.1. The third-order valence-corrected chi connectivity index (χ3v) is 7.03. The molecule has 0 amide bonds. The number of piperazine rings is 2. The second-order valence-electron chi connectivity index (χ2n) is 8.72. The molecular weight excluding hydrogens is 559 g/mol. The van der Waals surface area contributed by atoms with Crippen molar-refractivity contribution in [2.45, 2.75) is 19.5 Å². The van der Waals surface area contributed by atoms with Gasteiger partial charge in [-0.25, -0.2) is 0 Å². The Bertz CT molecular complexity index is 999. The normalized spacial score (nSPS) is 23.4. The minimum absolute atomic E-state index is 0. The molecule has 0 spiro atoms. The first-order valence-corrected chi connectivity index (χ1v) is 13.1. The Hall–Kier alpha value is -1.91. The molecule has 0 unspecified atom stereocenters. The highest BCUT2D eigenvalue weighted by Gasteiger charge is 2.31. The first-order valence-electron chi connectivity index (χ1n) is 12.0. The van der Waals surface area contributed by atoms with E-state index in [1.54, 1.807) is 0 Å². The lowest BCUT2D eigenvalue weighted by molar-refractivity contribution is -0.0168. The molecule has 4 saturated heterocycles. The molecule has 38 heavy (non-hydrogen) atoms. The second-order valence-corrected chi connectivity index (χ2v) is 9.78. The fourth-order valence-electron chi connectivity index (χ4n) is 4.35. The minimum Gasteiger partial charge on any atom is -0.381 e. The first-order chi connectivity index (χ1) is 17.9. The van der Waals surface area contributed by atoms with Crippen molar-refractivity contribution in [2.75, 3.05) is 95.2 Å². The Labute approximate surface area is 237 Å². The summed E-state index contributed by atoms with van der Waals surface area (Å²) < 4.78 is 10.9. The summed E-state index contributed by atoms with van der Waals surface area (Å²) in [6.45, 7) is 11.7. The maximum Gasteiger partial charge on any atom is 0.247 e. The van der Waals surface area contributed by atoms with Crippen molar-refractivity contribution in [2.24, 2.45) is 0 Å². The van der Waals surface area contributed by atoms with Gasteiger partial charge in [0.2, 0.25) is 11.2 Å². The molecule has 14 nitrogen and oxygen atoms in total. The summed E-state index contributed by atoms with van der Waals surface area (Å²) in [7, 11) is 0. The number of fused-ring (bicyclic) bond motifs is 2. The molecule has 6 heterocycles. The average molecular weight is 594 g/mol. The van der Waals surface area contributed by atoms with Gasteiger partial charge < -0.3 is 31.2 Å². The van der Waals surface area contributed by atoms with Crippen molar-refractivity contribution in [1.29, 1.82) is 0 Å². The highest BCUT2D eigenvalue weighted by Crippen LogP contribution is 2.20. The van der Waals surface area contributed by atoms with Gasteiger partial charge in [-0.3, -0.25) is 9.80 Å². The van der Waals surface area contributed by atoms with Gasteiger partial charge >= 0.3 is 0 Å². The largest absolute Gasteiger partial charge is 0.381 e. The van der Waals surface area contributed by atoms with Gasteiger partial charge in [0.15, 0.2) is 21.9 Å². The predicted molar refractivity (Wildman–Crippen MR) is 148 cm³/mol. The van der Waals surface area contributed by atoms with E-state index in [0.717, 1.165) is 72.2 Å². The molecule has 0 bridgehead atoms. The summed E-state index contributed by atoms with van der Waals surface area (Å²) in [4.78, 5) is 14.7. The summed E-state index contributed by atoms with van der Waals surface area (Å²) in [5.74, 6) is 0.864. The number of aromatic nitrogens is 6. The molecule has 4 aliphatic rings. The van der Waals surface area contributed by atoms with Crippen LogP contribution in [-0.2, 0) is 9.47 Å². The van der Waals surface area contributed by atoms with Crippen molar-refractivity contribution < 1.29 is 9.47 Å². The molecule has 17 heteroatoms. The highest BCUT2D eigenvalue weighted by molar-refractivity contribution is 6.32. The van der Waals surface area contributed by atoms with Crippen LogP contribution in [0.4, 0.5) is 17.6 Å². The Balaban J connectivity index is 0.000000170. The number of nitrogens with zero attached hydrogens (tertiary/aromatic N) is 9. The van der Waals surface area contributed by atoms with E-state index in [-0.39, 0.29) is 34.7 Å². The molecule has 2 aromatic rings. The van der Waals surface area contributed by atoms with Crippen LogP contribution < -0.4 is 21.7 Å². The standard InChI is InChI=1S/C10H15ClN6O.C7H14N2O.C3H2Cl2N4.CH4/c11-8-9(12)13-10(15-14-8)17-2-1-16-3-4-18-6-7(16)5-17;1-2-9-3-4-10-6-7(9)5-8-1;4-1-2(6)7-3(5)9-8-1;/h7H,1-6H2,(H2,12,13,15);7-8H,1-6H2;(H2,6,7,9);1H4/t2*7-;;/m00../s1. The van der Waals surface area contributed by atoms with Crippen LogP contribution in [0.5, 0.6) is 0 Å². The minimum atomic E-state index is -0.00287.